The molecule has 1 aromatic heterocycles. The highest BCUT2D eigenvalue weighted by Gasteiger charge is 2.15. The number of halogens is 3. The normalized spacial score (nSPS) is 10.8. The van der Waals surface area contributed by atoms with Gasteiger partial charge in [-0.2, -0.15) is 4.98 Å². The van der Waals surface area contributed by atoms with Crippen LogP contribution in [0, 0.1) is 0 Å². The maximum Gasteiger partial charge on any atom is 0.246 e. The van der Waals surface area contributed by atoms with Gasteiger partial charge in [-0.1, -0.05) is 46.0 Å². The first kappa shape index (κ1) is 19.7. The van der Waals surface area contributed by atoms with Gasteiger partial charge in [-0.25, -0.2) is 0 Å². The van der Waals surface area contributed by atoms with E-state index in [1.807, 2.05) is 18.2 Å². The van der Waals surface area contributed by atoms with Gasteiger partial charge < -0.3 is 9.42 Å². The van der Waals surface area contributed by atoms with Gasteiger partial charge in [0.25, 0.3) is 0 Å². The lowest BCUT2D eigenvalue weighted by Gasteiger charge is -2.14. The summed E-state index contributed by atoms with van der Waals surface area (Å²) >= 11 is 17.8. The van der Waals surface area contributed by atoms with E-state index in [0.717, 1.165) is 11.1 Å². The molecule has 2 aromatic carbocycles. The SMILES string of the molecule is CN(Cc1nc(-c2ccc(Cl)cc2)no1)C(=O)CCc1ccc(Cl)c(Cl)c1. The second-order valence-electron chi connectivity index (χ2n) is 6.02. The molecule has 0 aliphatic carbocycles. The average molecular weight is 425 g/mol. The van der Waals surface area contributed by atoms with Crippen LogP contribution in [0.2, 0.25) is 15.1 Å². The molecule has 0 bridgehead atoms. The number of aromatic nitrogens is 2. The van der Waals surface area contributed by atoms with E-state index >= 15 is 0 Å². The molecule has 0 saturated heterocycles. The number of hydrogen-bond donors (Lipinski definition) is 0. The lowest BCUT2D eigenvalue weighted by molar-refractivity contribution is -0.130. The largest absolute Gasteiger partial charge is 0.337 e. The van der Waals surface area contributed by atoms with Crippen LogP contribution < -0.4 is 0 Å². The molecule has 0 spiro atoms. The standard InChI is InChI=1S/C19H16Cl3N3O2/c1-25(18(26)9-3-12-2-8-15(21)16(22)10-12)11-17-23-19(24-27-17)13-4-6-14(20)7-5-13/h2,4-8,10H,3,9,11H2,1H3. The Morgan fingerprint density at radius 3 is 2.52 bits per heavy atom. The molecule has 0 atom stereocenters. The van der Waals surface area contributed by atoms with Crippen molar-refractivity contribution in [1.82, 2.24) is 15.0 Å². The minimum absolute atomic E-state index is 0.0349. The highest BCUT2D eigenvalue weighted by Crippen LogP contribution is 2.23. The van der Waals surface area contributed by atoms with E-state index in [9.17, 15) is 4.79 Å². The number of hydrogen-bond acceptors (Lipinski definition) is 4. The molecule has 5 nitrogen and oxygen atoms in total. The maximum absolute atomic E-state index is 12.3. The van der Waals surface area contributed by atoms with Crippen molar-refractivity contribution < 1.29 is 9.32 Å². The molecule has 140 valence electrons. The molecule has 3 aromatic rings. The van der Waals surface area contributed by atoms with E-state index in [4.69, 9.17) is 39.3 Å². The first-order chi connectivity index (χ1) is 12.9. The molecule has 27 heavy (non-hydrogen) atoms. The van der Waals surface area contributed by atoms with Crippen LogP contribution in [0.3, 0.4) is 0 Å². The van der Waals surface area contributed by atoms with E-state index in [1.54, 1.807) is 36.2 Å². The molecule has 0 saturated carbocycles. The number of amides is 1. The van der Waals surface area contributed by atoms with Crippen LogP contribution in [0.15, 0.2) is 47.0 Å². The molecular formula is C19H16Cl3N3O2. The van der Waals surface area contributed by atoms with E-state index in [0.29, 0.717) is 39.6 Å². The number of aryl methyl sites for hydroxylation is 1. The third kappa shape index (κ3) is 5.22. The van der Waals surface area contributed by atoms with Crippen molar-refractivity contribution in [3.63, 3.8) is 0 Å². The summed E-state index contributed by atoms with van der Waals surface area (Å²) < 4.78 is 5.24. The van der Waals surface area contributed by atoms with Gasteiger partial charge in [0.1, 0.15) is 0 Å². The van der Waals surface area contributed by atoms with Gasteiger partial charge in [-0.05, 0) is 48.4 Å². The Labute approximate surface area is 171 Å². The van der Waals surface area contributed by atoms with Crippen LogP contribution in [-0.2, 0) is 17.8 Å². The topological polar surface area (TPSA) is 59.2 Å². The van der Waals surface area contributed by atoms with E-state index in [2.05, 4.69) is 10.1 Å². The van der Waals surface area contributed by atoms with Crippen molar-refractivity contribution in [2.24, 2.45) is 0 Å². The van der Waals surface area contributed by atoms with Crippen molar-refractivity contribution in [2.45, 2.75) is 19.4 Å². The molecule has 0 radical (unpaired) electrons. The first-order valence-corrected chi connectivity index (χ1v) is 9.32. The van der Waals surface area contributed by atoms with Crippen molar-refractivity contribution in [2.75, 3.05) is 7.05 Å². The Balaban J connectivity index is 1.56. The Hall–Kier alpha value is -2.08. The molecule has 0 aliphatic rings. The van der Waals surface area contributed by atoms with Gasteiger partial charge >= 0.3 is 0 Å². The fourth-order valence-electron chi connectivity index (χ4n) is 2.46. The van der Waals surface area contributed by atoms with Gasteiger partial charge in [0.15, 0.2) is 0 Å². The Morgan fingerprint density at radius 1 is 1.07 bits per heavy atom. The summed E-state index contributed by atoms with van der Waals surface area (Å²) in [5.41, 5.74) is 1.75. The van der Waals surface area contributed by atoms with Gasteiger partial charge in [-0.3, -0.25) is 4.79 Å². The van der Waals surface area contributed by atoms with Crippen LogP contribution in [0.25, 0.3) is 11.4 Å². The second-order valence-corrected chi connectivity index (χ2v) is 7.27. The number of benzene rings is 2. The third-order valence-electron chi connectivity index (χ3n) is 3.98. The quantitative estimate of drug-likeness (QED) is 0.539. The smallest absolute Gasteiger partial charge is 0.246 e. The molecular weight excluding hydrogens is 409 g/mol. The lowest BCUT2D eigenvalue weighted by Crippen LogP contribution is -2.26. The van der Waals surface area contributed by atoms with E-state index in [1.165, 1.54) is 0 Å². The average Bonchev–Trinajstić information content (AvgIpc) is 3.11. The maximum atomic E-state index is 12.3. The summed E-state index contributed by atoms with van der Waals surface area (Å²) in [4.78, 5) is 18.2. The number of carbonyl (C=O) groups excluding carboxylic acids is 1. The van der Waals surface area contributed by atoms with Crippen molar-refractivity contribution >= 4 is 40.7 Å². The predicted molar refractivity (Wildman–Crippen MR) is 106 cm³/mol. The molecule has 1 heterocycles. The molecule has 1 amide bonds. The minimum atomic E-state index is -0.0349. The highest BCUT2D eigenvalue weighted by atomic mass is 35.5. The van der Waals surface area contributed by atoms with Gasteiger partial charge in [0.05, 0.1) is 16.6 Å². The number of nitrogens with zero attached hydrogens (tertiary/aromatic N) is 3. The summed E-state index contributed by atoms with van der Waals surface area (Å²) in [7, 11) is 1.70. The fraction of sp³-hybridized carbons (Fsp3) is 0.211. The summed E-state index contributed by atoms with van der Waals surface area (Å²) in [5.74, 6) is 0.788. The molecule has 0 fully saturated rings. The zero-order valence-electron chi connectivity index (χ0n) is 14.5. The number of carbonyl (C=O) groups is 1. The molecule has 0 aliphatic heterocycles. The van der Waals surface area contributed by atoms with Gasteiger partial charge in [0, 0.05) is 24.1 Å². The minimum Gasteiger partial charge on any atom is -0.337 e. The molecule has 0 N–H and O–H groups in total. The van der Waals surface area contributed by atoms with E-state index < -0.39 is 0 Å². The van der Waals surface area contributed by atoms with Gasteiger partial charge in [-0.15, -0.1) is 0 Å². The van der Waals surface area contributed by atoms with Crippen LogP contribution in [-0.4, -0.2) is 28.0 Å². The van der Waals surface area contributed by atoms with Crippen molar-refractivity contribution in [1.29, 1.82) is 0 Å². The highest BCUT2D eigenvalue weighted by molar-refractivity contribution is 6.42. The summed E-state index contributed by atoms with van der Waals surface area (Å²) in [6.07, 6.45) is 0.909. The summed E-state index contributed by atoms with van der Waals surface area (Å²) in [5, 5.41) is 5.56. The summed E-state index contributed by atoms with van der Waals surface area (Å²) in [6.45, 7) is 0.237. The Morgan fingerprint density at radius 2 is 1.81 bits per heavy atom. The van der Waals surface area contributed by atoms with Crippen LogP contribution >= 0.6 is 34.8 Å². The molecule has 3 rings (SSSR count). The van der Waals surface area contributed by atoms with Gasteiger partial charge in [0.2, 0.25) is 17.6 Å². The lowest BCUT2D eigenvalue weighted by atomic mass is 10.1. The zero-order chi connectivity index (χ0) is 19.4. The van der Waals surface area contributed by atoms with E-state index in [-0.39, 0.29) is 12.5 Å². The van der Waals surface area contributed by atoms with Crippen LogP contribution in [0.1, 0.15) is 17.9 Å². The first-order valence-electron chi connectivity index (χ1n) is 8.19. The molecule has 8 heteroatoms. The Bertz CT molecular complexity index is 942. The zero-order valence-corrected chi connectivity index (χ0v) is 16.7. The third-order valence-corrected chi connectivity index (χ3v) is 4.97. The Kier molecular flexibility index (Phi) is 6.37. The summed E-state index contributed by atoms with van der Waals surface area (Å²) in [6, 6.07) is 12.5. The van der Waals surface area contributed by atoms with Crippen LogP contribution in [0.4, 0.5) is 0 Å². The predicted octanol–water partition coefficient (Wildman–Crippen LogP) is 5.29. The monoisotopic (exact) mass is 423 g/mol. The van der Waals surface area contributed by atoms with Crippen molar-refractivity contribution in [3.05, 3.63) is 69.0 Å². The molecule has 0 unspecified atom stereocenters. The fourth-order valence-corrected chi connectivity index (χ4v) is 2.91. The van der Waals surface area contributed by atoms with Crippen molar-refractivity contribution in [3.8, 4) is 11.4 Å². The second kappa shape index (κ2) is 8.74. The van der Waals surface area contributed by atoms with Crippen LogP contribution in [0.5, 0.6) is 0 Å². The number of rotatable bonds is 6.